The summed E-state index contributed by atoms with van der Waals surface area (Å²) in [6.45, 7) is 11.9. The van der Waals surface area contributed by atoms with E-state index in [-0.39, 0.29) is 25.5 Å². The number of rotatable bonds is 12. The van der Waals surface area contributed by atoms with Gasteiger partial charge < -0.3 is 18.9 Å². The fourth-order valence-electron chi connectivity index (χ4n) is 3.61. The maximum atomic E-state index is 13.1. The highest BCUT2D eigenvalue weighted by Crippen LogP contribution is 2.41. The molecule has 2 aromatic rings. The lowest BCUT2D eigenvalue weighted by Gasteiger charge is -2.30. The zero-order valence-corrected chi connectivity index (χ0v) is 20.2. The largest absolute Gasteiger partial charge is 0.493 e. The molecule has 2 aromatic carbocycles. The Morgan fingerprint density at radius 3 is 2.71 bits per heavy atom. The summed E-state index contributed by atoms with van der Waals surface area (Å²) in [5.41, 5.74) is 2.01. The molecule has 0 fully saturated rings. The Labute approximate surface area is 200 Å². The van der Waals surface area contributed by atoms with Crippen molar-refractivity contribution >= 4 is 11.9 Å². The Morgan fingerprint density at radius 2 is 2.00 bits per heavy atom. The van der Waals surface area contributed by atoms with Gasteiger partial charge in [-0.1, -0.05) is 24.8 Å². The van der Waals surface area contributed by atoms with Crippen molar-refractivity contribution in [1.82, 2.24) is 0 Å². The van der Waals surface area contributed by atoms with Gasteiger partial charge in [-0.2, -0.15) is 4.91 Å². The number of hydrogen-bond acceptors (Lipinski definition) is 7. The fraction of sp³-hybridized carbons (Fsp3) is 0.370. The Hall–Kier alpha value is -3.61. The Morgan fingerprint density at radius 1 is 1.21 bits per heavy atom. The average molecular weight is 466 g/mol. The van der Waals surface area contributed by atoms with Crippen LogP contribution in [0.15, 0.2) is 48.2 Å². The Bertz CT molecular complexity index is 1100. The van der Waals surface area contributed by atoms with Crippen LogP contribution in [0, 0.1) is 11.8 Å². The molecule has 0 N–H and O–H groups in total. The molecule has 34 heavy (non-hydrogen) atoms. The van der Waals surface area contributed by atoms with Gasteiger partial charge in [0.2, 0.25) is 5.78 Å². The van der Waals surface area contributed by atoms with Crippen LogP contribution in [0.4, 0.5) is 0 Å². The van der Waals surface area contributed by atoms with Gasteiger partial charge in [-0.3, -0.25) is 4.79 Å². The van der Waals surface area contributed by atoms with E-state index in [9.17, 15) is 9.70 Å². The molecule has 0 atom stereocenters. The molecule has 180 valence electrons. The van der Waals surface area contributed by atoms with Gasteiger partial charge in [0.05, 0.1) is 17.7 Å². The number of aryl methyl sites for hydroxylation is 1. The smallest absolute Gasteiger partial charge is 0.203 e. The third-order valence-corrected chi connectivity index (χ3v) is 5.29. The van der Waals surface area contributed by atoms with Gasteiger partial charge >= 0.3 is 0 Å². The summed E-state index contributed by atoms with van der Waals surface area (Å²) < 4.78 is 23.5. The van der Waals surface area contributed by atoms with Crippen LogP contribution in [-0.4, -0.2) is 31.2 Å². The van der Waals surface area contributed by atoms with E-state index in [1.807, 2.05) is 45.9 Å². The number of carbonyl (C=O) groups excluding carboxylic acids is 1. The van der Waals surface area contributed by atoms with E-state index in [4.69, 9.17) is 18.9 Å². The quantitative estimate of drug-likeness (QED) is 0.215. The first-order valence-electron chi connectivity index (χ1n) is 11.3. The van der Waals surface area contributed by atoms with E-state index in [0.717, 1.165) is 12.0 Å². The molecule has 1 heterocycles. The summed E-state index contributed by atoms with van der Waals surface area (Å²) in [4.78, 5) is 24.2. The van der Waals surface area contributed by atoms with E-state index >= 15 is 0 Å². The van der Waals surface area contributed by atoms with Crippen molar-refractivity contribution in [2.75, 3.05) is 19.8 Å². The lowest BCUT2D eigenvalue weighted by Crippen LogP contribution is -2.28. The van der Waals surface area contributed by atoms with Crippen LogP contribution in [-0.2, 0) is 6.54 Å². The zero-order valence-electron chi connectivity index (χ0n) is 20.2. The minimum Gasteiger partial charge on any atom is -0.493 e. The summed E-state index contributed by atoms with van der Waals surface area (Å²) in [5, 5.41) is 3.05. The highest BCUT2D eigenvalue weighted by molar-refractivity contribution is 6.00. The molecule has 0 aromatic heterocycles. The molecular weight excluding hydrogens is 434 g/mol. The molecule has 0 bridgehead atoms. The molecule has 0 saturated heterocycles. The molecule has 3 rings (SSSR count). The van der Waals surface area contributed by atoms with E-state index in [1.165, 1.54) is 0 Å². The van der Waals surface area contributed by atoms with E-state index in [2.05, 4.69) is 11.8 Å². The second-order valence-electron chi connectivity index (χ2n) is 8.56. The SMILES string of the molecule is C=CCOc1cc(OCCC)ccc1C(=O)COc1c2c(cc(C)c1CN=O)OC(C)(C)C=C2. The molecule has 0 radical (unpaired) electrons. The van der Waals surface area contributed by atoms with Gasteiger partial charge in [-0.05, 0) is 63.1 Å². The Kier molecular flexibility index (Phi) is 8.10. The molecule has 0 amide bonds. The first-order valence-corrected chi connectivity index (χ1v) is 11.3. The summed E-state index contributed by atoms with van der Waals surface area (Å²) in [7, 11) is 0. The molecule has 0 spiro atoms. The molecule has 0 aliphatic carbocycles. The molecule has 1 aliphatic heterocycles. The lowest BCUT2D eigenvalue weighted by atomic mass is 9.96. The van der Waals surface area contributed by atoms with E-state index in [0.29, 0.717) is 46.3 Å². The van der Waals surface area contributed by atoms with Crippen LogP contribution in [0.25, 0.3) is 6.08 Å². The van der Waals surface area contributed by atoms with Crippen molar-refractivity contribution in [3.05, 3.63) is 70.2 Å². The number of benzene rings is 2. The van der Waals surface area contributed by atoms with Crippen LogP contribution >= 0.6 is 0 Å². The van der Waals surface area contributed by atoms with Gasteiger partial charge in [-0.25, -0.2) is 0 Å². The van der Waals surface area contributed by atoms with Crippen molar-refractivity contribution in [2.45, 2.75) is 46.3 Å². The summed E-state index contributed by atoms with van der Waals surface area (Å²) >= 11 is 0. The Balaban J connectivity index is 1.90. The highest BCUT2D eigenvalue weighted by Gasteiger charge is 2.27. The molecular formula is C27H31NO6. The average Bonchev–Trinajstić information content (AvgIpc) is 2.80. The van der Waals surface area contributed by atoms with Crippen LogP contribution in [0.3, 0.4) is 0 Å². The second kappa shape index (κ2) is 11.0. The fourth-order valence-corrected chi connectivity index (χ4v) is 3.61. The number of hydrogen-bond donors (Lipinski definition) is 0. The third-order valence-electron chi connectivity index (χ3n) is 5.29. The maximum absolute atomic E-state index is 13.1. The number of nitrogens with zero attached hydrogens (tertiary/aromatic N) is 1. The monoisotopic (exact) mass is 465 g/mol. The first kappa shape index (κ1) is 25.0. The second-order valence-corrected chi connectivity index (χ2v) is 8.56. The number of Topliss-reactive ketones (excluding diaryl/α,β-unsaturated/α-hetero) is 1. The maximum Gasteiger partial charge on any atom is 0.203 e. The molecule has 1 aliphatic rings. The topological polar surface area (TPSA) is 83.4 Å². The summed E-state index contributed by atoms with van der Waals surface area (Å²) in [6.07, 6.45) is 6.28. The predicted octanol–water partition coefficient (Wildman–Crippen LogP) is 6.06. The van der Waals surface area contributed by atoms with Crippen molar-refractivity contribution in [3.8, 4) is 23.0 Å². The lowest BCUT2D eigenvalue weighted by molar-refractivity contribution is 0.0915. The van der Waals surface area contributed by atoms with Crippen LogP contribution < -0.4 is 18.9 Å². The molecule has 7 nitrogen and oxygen atoms in total. The van der Waals surface area contributed by atoms with Crippen molar-refractivity contribution in [2.24, 2.45) is 5.18 Å². The van der Waals surface area contributed by atoms with Crippen molar-refractivity contribution in [1.29, 1.82) is 0 Å². The van der Waals surface area contributed by atoms with Crippen molar-refractivity contribution < 1.29 is 23.7 Å². The number of ether oxygens (including phenoxy) is 4. The van der Waals surface area contributed by atoms with Crippen LogP contribution in [0.1, 0.15) is 54.2 Å². The third kappa shape index (κ3) is 5.84. The van der Waals surface area contributed by atoms with E-state index in [1.54, 1.807) is 24.3 Å². The minimum absolute atomic E-state index is 0.0724. The predicted molar refractivity (Wildman–Crippen MR) is 132 cm³/mol. The van der Waals surface area contributed by atoms with Gasteiger partial charge in [0, 0.05) is 11.6 Å². The normalized spacial score (nSPS) is 13.4. The number of fused-ring (bicyclic) bond motifs is 1. The van der Waals surface area contributed by atoms with Crippen LogP contribution in [0.2, 0.25) is 0 Å². The molecule has 7 heteroatoms. The molecule has 0 unspecified atom stereocenters. The zero-order chi connectivity index (χ0) is 24.7. The van der Waals surface area contributed by atoms with Gasteiger partial charge in [0.25, 0.3) is 0 Å². The van der Waals surface area contributed by atoms with Crippen LogP contribution in [0.5, 0.6) is 23.0 Å². The standard InChI is InChI=1S/C27H31NO6/c1-6-12-31-19-8-9-20(24(15-19)32-13-7-2)23(29)17-33-26-21-10-11-27(4,5)34-25(21)14-18(3)22(26)16-28-30/h7-11,14-15H,2,6,12-13,16-17H2,1,3-5H3. The minimum atomic E-state index is -0.476. The number of carbonyl (C=O) groups is 1. The van der Waals surface area contributed by atoms with Gasteiger partial charge in [0.1, 0.15) is 41.8 Å². The number of ketones is 1. The van der Waals surface area contributed by atoms with Gasteiger partial charge in [-0.15, -0.1) is 0 Å². The highest BCUT2D eigenvalue weighted by atomic mass is 16.5. The summed E-state index contributed by atoms with van der Waals surface area (Å²) in [6, 6.07) is 6.96. The van der Waals surface area contributed by atoms with E-state index < -0.39 is 5.60 Å². The summed E-state index contributed by atoms with van der Waals surface area (Å²) in [5.74, 6) is 1.80. The molecule has 0 saturated carbocycles. The van der Waals surface area contributed by atoms with Gasteiger partial charge in [0.15, 0.2) is 6.61 Å². The first-order chi connectivity index (χ1) is 16.3. The van der Waals surface area contributed by atoms with Crippen molar-refractivity contribution in [3.63, 3.8) is 0 Å². The number of nitroso groups, excluding NO2 is 1.